The number of fused-ring (bicyclic) bond motifs is 1. The molecule has 0 spiro atoms. The Hall–Kier alpha value is -1.73. The standard InChI is InChI=1S/C21H29NO2Si2/c1-25(2,3)14-15-10-9-13-16(15)21(26(4,5)6)22-19(23)17-11-7-8-12-18(17)20(22)24/h7-8,11-12,14H,9-10,13H2,1-6H3/b15-14+,21-16-. The first-order valence-corrected chi connectivity index (χ1v) is 16.5. The van der Waals surface area contributed by atoms with Crippen LogP contribution in [0.2, 0.25) is 39.3 Å². The molecule has 1 aliphatic heterocycles. The van der Waals surface area contributed by atoms with Gasteiger partial charge in [-0.05, 0) is 37.0 Å². The number of amides is 2. The maximum atomic E-state index is 13.1. The van der Waals surface area contributed by atoms with Crippen molar-refractivity contribution in [2.24, 2.45) is 0 Å². The van der Waals surface area contributed by atoms with Crippen LogP contribution in [0, 0.1) is 0 Å². The molecule has 1 aromatic rings. The highest BCUT2D eigenvalue weighted by atomic mass is 28.3. The quantitative estimate of drug-likeness (QED) is 0.517. The zero-order chi connectivity index (χ0) is 19.3. The molecule has 1 saturated carbocycles. The Morgan fingerprint density at radius 1 is 0.923 bits per heavy atom. The summed E-state index contributed by atoms with van der Waals surface area (Å²) < 4.78 is 0. The summed E-state index contributed by atoms with van der Waals surface area (Å²) >= 11 is 0. The van der Waals surface area contributed by atoms with Crippen LogP contribution in [0.25, 0.3) is 0 Å². The van der Waals surface area contributed by atoms with E-state index in [9.17, 15) is 9.59 Å². The maximum Gasteiger partial charge on any atom is 0.265 e. The first-order chi connectivity index (χ1) is 12.0. The number of rotatable bonds is 3. The largest absolute Gasteiger partial charge is 0.268 e. The van der Waals surface area contributed by atoms with Gasteiger partial charge in [0.2, 0.25) is 0 Å². The van der Waals surface area contributed by atoms with Crippen molar-refractivity contribution in [3.05, 3.63) is 57.6 Å². The van der Waals surface area contributed by atoms with Crippen LogP contribution in [0.4, 0.5) is 0 Å². The van der Waals surface area contributed by atoms with E-state index in [2.05, 4.69) is 45.0 Å². The molecule has 0 unspecified atom stereocenters. The highest BCUT2D eigenvalue weighted by molar-refractivity contribution is 6.84. The van der Waals surface area contributed by atoms with E-state index in [1.54, 1.807) is 12.1 Å². The van der Waals surface area contributed by atoms with Crippen molar-refractivity contribution in [2.75, 3.05) is 0 Å². The van der Waals surface area contributed by atoms with Gasteiger partial charge in [-0.3, -0.25) is 14.5 Å². The number of carbonyl (C=O) groups excluding carboxylic acids is 2. The average Bonchev–Trinajstić information content (AvgIpc) is 3.04. The summed E-state index contributed by atoms with van der Waals surface area (Å²) in [6.07, 6.45) is 3.16. The average molecular weight is 384 g/mol. The lowest BCUT2D eigenvalue weighted by Gasteiger charge is -2.31. The molecular formula is C21H29NO2Si2. The summed E-state index contributed by atoms with van der Waals surface area (Å²) in [5, 5.41) is 1.03. The van der Waals surface area contributed by atoms with Crippen LogP contribution in [0.15, 0.2) is 46.4 Å². The normalized spacial score (nSPS) is 21.6. The fourth-order valence-corrected chi connectivity index (χ4v) is 7.46. The van der Waals surface area contributed by atoms with E-state index in [1.165, 1.54) is 16.0 Å². The monoisotopic (exact) mass is 383 g/mol. The van der Waals surface area contributed by atoms with Crippen LogP contribution in [0.5, 0.6) is 0 Å². The molecule has 1 heterocycles. The van der Waals surface area contributed by atoms with Gasteiger partial charge in [0.05, 0.1) is 27.3 Å². The Morgan fingerprint density at radius 3 is 1.92 bits per heavy atom. The summed E-state index contributed by atoms with van der Waals surface area (Å²) in [7, 11) is -3.29. The number of carbonyl (C=O) groups is 2. The van der Waals surface area contributed by atoms with Crippen LogP contribution in [0.1, 0.15) is 40.0 Å². The Labute approximate surface area is 158 Å². The summed E-state index contributed by atoms with van der Waals surface area (Å²) in [5.41, 5.74) is 6.22. The Kier molecular flexibility index (Phi) is 4.73. The lowest BCUT2D eigenvalue weighted by molar-refractivity contribution is 0.0711. The number of hydrogen-bond donors (Lipinski definition) is 0. The molecule has 0 radical (unpaired) electrons. The van der Waals surface area contributed by atoms with Crippen molar-refractivity contribution in [1.29, 1.82) is 0 Å². The molecule has 3 nitrogen and oxygen atoms in total. The molecule has 0 aromatic heterocycles. The molecule has 0 N–H and O–H groups in total. The van der Waals surface area contributed by atoms with E-state index in [1.807, 2.05) is 12.1 Å². The summed E-state index contributed by atoms with van der Waals surface area (Å²) in [6.45, 7) is 13.7. The number of imide groups is 1. The predicted molar refractivity (Wildman–Crippen MR) is 113 cm³/mol. The molecule has 0 atom stereocenters. The van der Waals surface area contributed by atoms with Gasteiger partial charge in [-0.25, -0.2) is 0 Å². The van der Waals surface area contributed by atoms with E-state index in [-0.39, 0.29) is 11.8 Å². The fourth-order valence-electron chi connectivity index (χ4n) is 4.03. The molecule has 1 fully saturated rings. The smallest absolute Gasteiger partial charge is 0.265 e. The van der Waals surface area contributed by atoms with Crippen molar-refractivity contribution in [1.82, 2.24) is 4.90 Å². The van der Waals surface area contributed by atoms with Crippen molar-refractivity contribution >= 4 is 28.0 Å². The Balaban J connectivity index is 2.20. The maximum absolute atomic E-state index is 13.1. The molecule has 26 heavy (non-hydrogen) atoms. The minimum absolute atomic E-state index is 0.144. The van der Waals surface area contributed by atoms with Gasteiger partial charge in [0.25, 0.3) is 11.8 Å². The molecule has 0 bridgehead atoms. The van der Waals surface area contributed by atoms with Crippen molar-refractivity contribution in [3.8, 4) is 0 Å². The Bertz CT molecular complexity index is 803. The van der Waals surface area contributed by atoms with Gasteiger partial charge < -0.3 is 0 Å². The summed E-state index contributed by atoms with van der Waals surface area (Å²) in [6, 6.07) is 7.22. The van der Waals surface area contributed by atoms with E-state index in [0.717, 1.165) is 24.6 Å². The lowest BCUT2D eigenvalue weighted by Crippen LogP contribution is -2.42. The third-order valence-corrected chi connectivity index (χ3v) is 8.04. The van der Waals surface area contributed by atoms with Gasteiger partial charge in [0.15, 0.2) is 0 Å². The molecule has 138 valence electrons. The summed E-state index contributed by atoms with van der Waals surface area (Å²) in [5.74, 6) is -0.287. The van der Waals surface area contributed by atoms with Crippen LogP contribution in [-0.2, 0) is 0 Å². The molecule has 5 heteroatoms. The van der Waals surface area contributed by atoms with E-state index < -0.39 is 16.1 Å². The topological polar surface area (TPSA) is 37.4 Å². The van der Waals surface area contributed by atoms with Gasteiger partial charge in [-0.15, -0.1) is 0 Å². The fraction of sp³-hybridized carbons (Fsp3) is 0.429. The van der Waals surface area contributed by atoms with Crippen LogP contribution < -0.4 is 0 Å². The first kappa shape index (κ1) is 19.0. The second kappa shape index (κ2) is 6.46. The minimum atomic E-state index is -1.92. The van der Waals surface area contributed by atoms with Crippen LogP contribution in [0.3, 0.4) is 0 Å². The predicted octanol–water partition coefficient (Wildman–Crippen LogP) is 5.40. The van der Waals surface area contributed by atoms with Crippen molar-refractivity contribution < 1.29 is 9.59 Å². The second-order valence-corrected chi connectivity index (χ2v) is 19.5. The lowest BCUT2D eigenvalue weighted by atomic mass is 10.1. The van der Waals surface area contributed by atoms with Gasteiger partial charge in [0.1, 0.15) is 0 Å². The van der Waals surface area contributed by atoms with E-state index >= 15 is 0 Å². The number of allylic oxidation sites excluding steroid dienone is 2. The SMILES string of the molecule is C[Si](C)(C)/C=C1\CCC\C1=C(/N1C(=O)c2ccccc2C1=O)[Si](C)(C)C. The second-order valence-electron chi connectivity index (χ2n) is 9.46. The van der Waals surface area contributed by atoms with Crippen molar-refractivity contribution in [3.63, 3.8) is 0 Å². The van der Waals surface area contributed by atoms with Crippen LogP contribution in [-0.4, -0.2) is 32.9 Å². The number of benzene rings is 1. The minimum Gasteiger partial charge on any atom is -0.268 e. The summed E-state index contributed by atoms with van der Waals surface area (Å²) in [4.78, 5) is 27.8. The first-order valence-electron chi connectivity index (χ1n) is 9.44. The van der Waals surface area contributed by atoms with Gasteiger partial charge in [-0.2, -0.15) is 0 Å². The highest BCUT2D eigenvalue weighted by Gasteiger charge is 2.43. The molecule has 0 saturated heterocycles. The number of hydrogen-bond acceptors (Lipinski definition) is 2. The highest BCUT2D eigenvalue weighted by Crippen LogP contribution is 2.40. The molecular weight excluding hydrogens is 354 g/mol. The zero-order valence-corrected chi connectivity index (χ0v) is 18.8. The molecule has 1 aromatic carbocycles. The molecule has 1 aliphatic carbocycles. The van der Waals surface area contributed by atoms with E-state index in [4.69, 9.17) is 0 Å². The van der Waals surface area contributed by atoms with Crippen LogP contribution >= 0.6 is 0 Å². The van der Waals surface area contributed by atoms with Gasteiger partial charge >= 0.3 is 0 Å². The third-order valence-electron chi connectivity index (χ3n) is 4.88. The zero-order valence-electron chi connectivity index (χ0n) is 16.8. The Morgan fingerprint density at radius 2 is 1.46 bits per heavy atom. The molecule has 2 aliphatic rings. The van der Waals surface area contributed by atoms with E-state index in [0.29, 0.717) is 11.1 Å². The third kappa shape index (κ3) is 3.42. The van der Waals surface area contributed by atoms with Gasteiger partial charge in [0, 0.05) is 5.32 Å². The molecule has 2 amide bonds. The van der Waals surface area contributed by atoms with Gasteiger partial charge in [-0.1, -0.05) is 62.7 Å². The molecule has 3 rings (SSSR count). The number of nitrogens with zero attached hydrogens (tertiary/aromatic N) is 1. The van der Waals surface area contributed by atoms with Crippen molar-refractivity contribution in [2.45, 2.75) is 58.5 Å².